The topological polar surface area (TPSA) is 74.8 Å². The monoisotopic (exact) mass is 350 g/mol. The number of guanidine groups is 1. The molecule has 1 aliphatic rings. The van der Waals surface area contributed by atoms with Crippen molar-refractivity contribution in [2.24, 2.45) is 10.4 Å². The molecule has 0 unspecified atom stereocenters. The number of ether oxygens (including phenoxy) is 1. The van der Waals surface area contributed by atoms with Gasteiger partial charge in [-0.05, 0) is 42.9 Å². The van der Waals surface area contributed by atoms with Crippen LogP contribution in [0.2, 0.25) is 0 Å². The van der Waals surface area contributed by atoms with Crippen LogP contribution in [0.1, 0.15) is 25.7 Å². The summed E-state index contributed by atoms with van der Waals surface area (Å²) in [6.45, 7) is 1.62. The zero-order chi connectivity index (χ0) is 18.1. The van der Waals surface area contributed by atoms with Gasteiger partial charge in [-0.1, -0.05) is 12.5 Å². The Morgan fingerprint density at radius 1 is 1.36 bits per heavy atom. The Hall–Kier alpha value is -2.15. The summed E-state index contributed by atoms with van der Waals surface area (Å²) in [4.78, 5) is 16.1. The van der Waals surface area contributed by atoms with Crippen LogP contribution in [0.5, 0.6) is 0 Å². The van der Waals surface area contributed by atoms with Crippen molar-refractivity contribution in [1.29, 1.82) is 0 Å². The van der Waals surface area contributed by atoms with Gasteiger partial charge in [-0.3, -0.25) is 9.79 Å². The molecule has 1 fully saturated rings. The molecule has 0 aliphatic heterocycles. The second kappa shape index (κ2) is 9.36. The van der Waals surface area contributed by atoms with Crippen LogP contribution < -0.4 is 16.0 Å². The van der Waals surface area contributed by atoms with Gasteiger partial charge in [0.1, 0.15) is 5.82 Å². The molecule has 0 bridgehead atoms. The minimum absolute atomic E-state index is 0.0568. The molecule has 0 atom stereocenters. The van der Waals surface area contributed by atoms with Crippen molar-refractivity contribution in [1.82, 2.24) is 10.6 Å². The van der Waals surface area contributed by atoms with E-state index in [-0.39, 0.29) is 23.7 Å². The average molecular weight is 350 g/mol. The van der Waals surface area contributed by atoms with E-state index in [0.29, 0.717) is 11.6 Å². The quantitative estimate of drug-likeness (QED) is 0.496. The maximum atomic E-state index is 13.1. The van der Waals surface area contributed by atoms with Crippen LogP contribution in [0.3, 0.4) is 0 Å². The molecule has 0 heterocycles. The Labute approximate surface area is 148 Å². The molecule has 3 N–H and O–H groups in total. The minimum atomic E-state index is -0.384. The predicted octanol–water partition coefficient (Wildman–Crippen LogP) is 2.14. The van der Waals surface area contributed by atoms with Gasteiger partial charge < -0.3 is 20.7 Å². The molecule has 6 nitrogen and oxygen atoms in total. The number of carbonyl (C=O) groups is 1. The first-order chi connectivity index (χ1) is 12.1. The summed E-state index contributed by atoms with van der Waals surface area (Å²) in [6.07, 6.45) is 4.63. The molecule has 138 valence electrons. The molecule has 0 spiro atoms. The minimum Gasteiger partial charge on any atom is -0.385 e. The summed E-state index contributed by atoms with van der Waals surface area (Å²) in [5, 5.41) is 8.92. The van der Waals surface area contributed by atoms with Crippen molar-refractivity contribution in [3.05, 3.63) is 30.1 Å². The summed E-state index contributed by atoms with van der Waals surface area (Å²) in [5.41, 5.74) is 0.694. The molecule has 1 aromatic rings. The fourth-order valence-corrected chi connectivity index (χ4v) is 2.94. The Bertz CT molecular complexity index is 602. The highest BCUT2D eigenvalue weighted by atomic mass is 19.1. The van der Waals surface area contributed by atoms with Crippen LogP contribution in [-0.4, -0.2) is 45.7 Å². The van der Waals surface area contributed by atoms with E-state index in [1.165, 1.54) is 31.4 Å². The lowest BCUT2D eigenvalue weighted by atomic mass is 9.67. The first kappa shape index (κ1) is 19.2. The number of anilines is 1. The smallest absolute Gasteiger partial charge is 0.243 e. The number of methoxy groups -OCH3 is 1. The number of nitrogens with zero attached hydrogens (tertiary/aromatic N) is 1. The number of nitrogens with one attached hydrogen (secondary N) is 3. The maximum absolute atomic E-state index is 13.1. The average Bonchev–Trinajstić information content (AvgIpc) is 2.56. The normalized spacial score (nSPS) is 16.0. The highest BCUT2D eigenvalue weighted by Crippen LogP contribution is 2.43. The number of rotatable bonds is 8. The lowest BCUT2D eigenvalue weighted by Crippen LogP contribution is -2.48. The fourth-order valence-electron chi connectivity index (χ4n) is 2.94. The van der Waals surface area contributed by atoms with E-state index in [0.717, 1.165) is 19.6 Å². The number of aliphatic imine (C=N–C) groups is 1. The highest BCUT2D eigenvalue weighted by molar-refractivity contribution is 5.94. The third kappa shape index (κ3) is 6.01. The molecule has 2 rings (SSSR count). The van der Waals surface area contributed by atoms with E-state index in [9.17, 15) is 9.18 Å². The summed E-state index contributed by atoms with van der Waals surface area (Å²) in [6, 6.07) is 5.81. The molecule has 0 saturated heterocycles. The van der Waals surface area contributed by atoms with Crippen molar-refractivity contribution < 1.29 is 13.9 Å². The van der Waals surface area contributed by atoms with E-state index >= 15 is 0 Å². The maximum Gasteiger partial charge on any atom is 0.243 e. The Morgan fingerprint density at radius 3 is 2.76 bits per heavy atom. The first-order valence-corrected chi connectivity index (χ1v) is 8.56. The third-order valence-electron chi connectivity index (χ3n) is 4.63. The third-order valence-corrected chi connectivity index (χ3v) is 4.63. The van der Waals surface area contributed by atoms with Gasteiger partial charge in [-0.2, -0.15) is 0 Å². The van der Waals surface area contributed by atoms with Crippen LogP contribution in [0.25, 0.3) is 0 Å². The number of hydrogen-bond acceptors (Lipinski definition) is 3. The number of carbonyl (C=O) groups excluding carboxylic acids is 1. The van der Waals surface area contributed by atoms with Gasteiger partial charge in [0.15, 0.2) is 5.96 Å². The van der Waals surface area contributed by atoms with Crippen LogP contribution in [0.15, 0.2) is 29.3 Å². The van der Waals surface area contributed by atoms with Gasteiger partial charge in [0, 0.05) is 33.0 Å². The van der Waals surface area contributed by atoms with Gasteiger partial charge in [-0.25, -0.2) is 4.39 Å². The lowest BCUT2D eigenvalue weighted by Gasteiger charge is -2.42. The molecule has 0 radical (unpaired) electrons. The molecule has 25 heavy (non-hydrogen) atoms. The number of halogens is 1. The number of amides is 1. The summed E-state index contributed by atoms with van der Waals surface area (Å²) < 4.78 is 18.3. The van der Waals surface area contributed by atoms with Crippen LogP contribution >= 0.6 is 0 Å². The van der Waals surface area contributed by atoms with Crippen LogP contribution in [0, 0.1) is 11.2 Å². The number of benzene rings is 1. The second-order valence-electron chi connectivity index (χ2n) is 6.43. The van der Waals surface area contributed by atoms with Crippen molar-refractivity contribution in [3.8, 4) is 0 Å². The molecule has 1 saturated carbocycles. The zero-order valence-electron chi connectivity index (χ0n) is 14.9. The molecular weight excluding hydrogens is 323 g/mol. The summed E-state index contributed by atoms with van der Waals surface area (Å²) in [5.74, 6) is -0.0607. The van der Waals surface area contributed by atoms with E-state index in [2.05, 4.69) is 20.9 Å². The standard InChI is InChI=1S/C18H27FN4O2/c1-20-17(22-13-18(7-4-8-18)9-10-25-2)21-12-16(24)23-15-6-3-5-14(19)11-15/h3,5-6,11H,4,7-10,12-13H2,1-2H3,(H,23,24)(H2,20,21,22). The SMILES string of the molecule is CN=C(NCC(=O)Nc1cccc(F)c1)NCC1(CCOC)CCC1. The van der Waals surface area contributed by atoms with Crippen molar-refractivity contribution >= 4 is 17.6 Å². The fraction of sp³-hybridized carbons (Fsp3) is 0.556. The molecule has 1 aliphatic carbocycles. The largest absolute Gasteiger partial charge is 0.385 e. The molecular formula is C18H27FN4O2. The number of hydrogen-bond donors (Lipinski definition) is 3. The van der Waals surface area contributed by atoms with Crippen LogP contribution in [0.4, 0.5) is 10.1 Å². The molecule has 0 aromatic heterocycles. The van der Waals surface area contributed by atoms with Gasteiger partial charge in [0.25, 0.3) is 0 Å². The van der Waals surface area contributed by atoms with Gasteiger partial charge in [-0.15, -0.1) is 0 Å². The first-order valence-electron chi connectivity index (χ1n) is 8.56. The summed E-state index contributed by atoms with van der Waals surface area (Å²) in [7, 11) is 3.39. The van der Waals surface area contributed by atoms with Gasteiger partial charge in [0.05, 0.1) is 6.54 Å². The predicted molar refractivity (Wildman–Crippen MR) is 97.2 cm³/mol. The van der Waals surface area contributed by atoms with Gasteiger partial charge >= 0.3 is 0 Å². The highest BCUT2D eigenvalue weighted by Gasteiger charge is 2.36. The van der Waals surface area contributed by atoms with Gasteiger partial charge in [0.2, 0.25) is 5.91 Å². The van der Waals surface area contributed by atoms with E-state index in [1.807, 2.05) is 0 Å². The van der Waals surface area contributed by atoms with Crippen molar-refractivity contribution in [2.75, 3.05) is 39.2 Å². The van der Waals surface area contributed by atoms with Crippen LogP contribution in [-0.2, 0) is 9.53 Å². The van der Waals surface area contributed by atoms with E-state index < -0.39 is 0 Å². The molecule has 1 aromatic carbocycles. The lowest BCUT2D eigenvalue weighted by molar-refractivity contribution is -0.115. The van der Waals surface area contributed by atoms with Crippen molar-refractivity contribution in [2.45, 2.75) is 25.7 Å². The van der Waals surface area contributed by atoms with E-state index in [4.69, 9.17) is 4.74 Å². The Kier molecular flexibility index (Phi) is 7.18. The zero-order valence-corrected chi connectivity index (χ0v) is 14.9. The van der Waals surface area contributed by atoms with E-state index in [1.54, 1.807) is 26.3 Å². The Balaban J connectivity index is 1.75. The summed E-state index contributed by atoms with van der Waals surface area (Å²) >= 11 is 0. The molecule has 7 heteroatoms. The molecule has 1 amide bonds. The Morgan fingerprint density at radius 2 is 2.16 bits per heavy atom. The second-order valence-corrected chi connectivity index (χ2v) is 6.43. The van der Waals surface area contributed by atoms with Crippen molar-refractivity contribution in [3.63, 3.8) is 0 Å².